The highest BCUT2D eigenvalue weighted by Gasteiger charge is 2.21. The van der Waals surface area contributed by atoms with Crippen molar-refractivity contribution < 1.29 is 9.47 Å². The van der Waals surface area contributed by atoms with E-state index >= 15 is 0 Å². The number of likely N-dealkylation sites (N-methyl/N-ethyl adjacent to an activating group) is 1. The quantitative estimate of drug-likeness (QED) is 0.803. The van der Waals surface area contributed by atoms with Crippen LogP contribution in [0.2, 0.25) is 0 Å². The Morgan fingerprint density at radius 1 is 1.33 bits per heavy atom. The van der Waals surface area contributed by atoms with Crippen molar-refractivity contribution in [2.45, 2.75) is 12.6 Å². The van der Waals surface area contributed by atoms with Crippen molar-refractivity contribution in [3.8, 4) is 16.3 Å². The summed E-state index contributed by atoms with van der Waals surface area (Å²) in [5.41, 5.74) is 2.27. The van der Waals surface area contributed by atoms with Gasteiger partial charge in [0.05, 0.1) is 25.5 Å². The second-order valence-electron chi connectivity index (χ2n) is 6.36. The van der Waals surface area contributed by atoms with Gasteiger partial charge in [0.25, 0.3) is 0 Å². The predicted molar refractivity (Wildman–Crippen MR) is 97.7 cm³/mol. The number of ether oxygens (including phenoxy) is 2. The highest BCUT2D eigenvalue weighted by Crippen LogP contribution is 2.26. The van der Waals surface area contributed by atoms with Gasteiger partial charge in [0.15, 0.2) is 0 Å². The van der Waals surface area contributed by atoms with E-state index in [0.717, 1.165) is 54.8 Å². The zero-order chi connectivity index (χ0) is 16.9. The molecule has 1 saturated heterocycles. The van der Waals surface area contributed by atoms with Crippen LogP contribution in [0.25, 0.3) is 10.6 Å². The van der Waals surface area contributed by atoms with E-state index < -0.39 is 0 Å². The zero-order valence-electron chi connectivity index (χ0n) is 14.6. The topological polar surface area (TPSA) is 37.8 Å². The average molecular weight is 347 g/mol. The van der Waals surface area contributed by atoms with Crippen molar-refractivity contribution in [3.63, 3.8) is 0 Å². The second kappa shape index (κ2) is 8.07. The molecule has 1 atom stereocenters. The molecular formula is C18H25N3O2S. The standard InChI is InChI=1S/C18H25N3O2S/c1-20(2)11-17-12-21(8-9-23-17)10-15-13-24-18(19-15)14-4-6-16(22-3)7-5-14/h4-7,13,17H,8-12H2,1-3H3/t17-/m1/s1. The zero-order valence-corrected chi connectivity index (χ0v) is 15.4. The van der Waals surface area contributed by atoms with Crippen molar-refractivity contribution in [2.24, 2.45) is 0 Å². The van der Waals surface area contributed by atoms with E-state index in [1.165, 1.54) is 0 Å². The van der Waals surface area contributed by atoms with Gasteiger partial charge in [-0.15, -0.1) is 11.3 Å². The Bertz CT molecular complexity index is 642. The molecule has 1 aromatic heterocycles. The fraction of sp³-hybridized carbons (Fsp3) is 0.500. The molecule has 0 bridgehead atoms. The maximum absolute atomic E-state index is 5.84. The minimum atomic E-state index is 0.286. The third kappa shape index (κ3) is 4.54. The molecule has 130 valence electrons. The van der Waals surface area contributed by atoms with Gasteiger partial charge in [0.2, 0.25) is 0 Å². The molecule has 0 unspecified atom stereocenters. The van der Waals surface area contributed by atoms with E-state index in [2.05, 4.69) is 41.4 Å². The number of hydrogen-bond donors (Lipinski definition) is 0. The molecule has 2 heterocycles. The molecule has 1 aromatic carbocycles. The molecule has 0 radical (unpaired) electrons. The fourth-order valence-corrected chi connectivity index (χ4v) is 3.73. The summed E-state index contributed by atoms with van der Waals surface area (Å²) in [6.07, 6.45) is 0.286. The maximum atomic E-state index is 5.84. The van der Waals surface area contributed by atoms with Crippen molar-refractivity contribution in [2.75, 3.05) is 47.4 Å². The number of hydrogen-bond acceptors (Lipinski definition) is 6. The Hall–Kier alpha value is -1.47. The number of benzene rings is 1. The molecule has 0 saturated carbocycles. The molecule has 0 aliphatic carbocycles. The molecule has 0 amide bonds. The first-order valence-corrected chi connectivity index (χ1v) is 9.09. The summed E-state index contributed by atoms with van der Waals surface area (Å²) in [6, 6.07) is 8.07. The molecule has 0 N–H and O–H groups in total. The maximum Gasteiger partial charge on any atom is 0.123 e. The van der Waals surface area contributed by atoms with Crippen LogP contribution in [-0.2, 0) is 11.3 Å². The van der Waals surface area contributed by atoms with Crippen LogP contribution in [0.1, 0.15) is 5.69 Å². The normalized spacial score (nSPS) is 18.9. The lowest BCUT2D eigenvalue weighted by Crippen LogP contribution is -2.46. The largest absolute Gasteiger partial charge is 0.497 e. The van der Waals surface area contributed by atoms with E-state index in [4.69, 9.17) is 14.5 Å². The predicted octanol–water partition coefficient (Wildman–Crippen LogP) is 2.58. The summed E-state index contributed by atoms with van der Waals surface area (Å²) in [5.74, 6) is 0.871. The molecule has 0 spiro atoms. The Kier molecular flexibility index (Phi) is 5.84. The first kappa shape index (κ1) is 17.4. The fourth-order valence-electron chi connectivity index (χ4n) is 2.92. The third-order valence-corrected chi connectivity index (χ3v) is 5.01. The van der Waals surface area contributed by atoms with Gasteiger partial charge in [0.1, 0.15) is 10.8 Å². The molecule has 5 nitrogen and oxygen atoms in total. The number of aromatic nitrogens is 1. The lowest BCUT2D eigenvalue weighted by atomic mass is 10.2. The molecule has 2 aromatic rings. The van der Waals surface area contributed by atoms with Crippen LogP contribution >= 0.6 is 11.3 Å². The highest BCUT2D eigenvalue weighted by molar-refractivity contribution is 7.13. The second-order valence-corrected chi connectivity index (χ2v) is 7.22. The minimum Gasteiger partial charge on any atom is -0.497 e. The highest BCUT2D eigenvalue weighted by atomic mass is 32.1. The molecule has 24 heavy (non-hydrogen) atoms. The van der Waals surface area contributed by atoms with Gasteiger partial charge in [-0.25, -0.2) is 4.98 Å². The molecule has 1 aliphatic heterocycles. The summed E-state index contributed by atoms with van der Waals surface area (Å²) in [4.78, 5) is 9.42. The Morgan fingerprint density at radius 3 is 2.83 bits per heavy atom. The van der Waals surface area contributed by atoms with Crippen molar-refractivity contribution in [1.82, 2.24) is 14.8 Å². The summed E-state index contributed by atoms with van der Waals surface area (Å²) in [7, 11) is 5.86. The first-order chi connectivity index (χ1) is 11.6. The summed E-state index contributed by atoms with van der Waals surface area (Å²) in [6.45, 7) is 4.59. The van der Waals surface area contributed by atoms with Crippen LogP contribution in [0, 0.1) is 0 Å². The number of methoxy groups -OCH3 is 1. The summed E-state index contributed by atoms with van der Waals surface area (Å²) >= 11 is 1.70. The Balaban J connectivity index is 1.61. The summed E-state index contributed by atoms with van der Waals surface area (Å²) in [5, 5.41) is 3.22. The average Bonchev–Trinajstić information content (AvgIpc) is 3.03. The van der Waals surface area contributed by atoms with Gasteiger partial charge in [0, 0.05) is 37.1 Å². The lowest BCUT2D eigenvalue weighted by Gasteiger charge is -2.33. The molecule has 6 heteroatoms. The third-order valence-electron chi connectivity index (χ3n) is 4.07. The molecule has 1 aliphatic rings. The van der Waals surface area contributed by atoms with E-state index in [1.54, 1.807) is 18.4 Å². The molecule has 3 rings (SSSR count). The van der Waals surface area contributed by atoms with Gasteiger partial charge in [-0.1, -0.05) is 0 Å². The van der Waals surface area contributed by atoms with E-state index in [1.807, 2.05) is 12.1 Å². The van der Waals surface area contributed by atoms with Crippen LogP contribution < -0.4 is 4.74 Å². The number of thiazole rings is 1. The van der Waals surface area contributed by atoms with Gasteiger partial charge in [-0.05, 0) is 38.4 Å². The van der Waals surface area contributed by atoms with Gasteiger partial charge in [-0.3, -0.25) is 4.90 Å². The van der Waals surface area contributed by atoms with Gasteiger partial charge >= 0.3 is 0 Å². The molecular weight excluding hydrogens is 322 g/mol. The van der Waals surface area contributed by atoms with E-state index in [-0.39, 0.29) is 6.10 Å². The van der Waals surface area contributed by atoms with Crippen molar-refractivity contribution >= 4 is 11.3 Å². The van der Waals surface area contributed by atoms with Crippen LogP contribution in [0.5, 0.6) is 5.75 Å². The van der Waals surface area contributed by atoms with Crippen molar-refractivity contribution in [3.05, 3.63) is 35.3 Å². The number of morpholine rings is 1. The van der Waals surface area contributed by atoms with E-state index in [0.29, 0.717) is 0 Å². The Morgan fingerprint density at radius 2 is 2.12 bits per heavy atom. The summed E-state index contributed by atoms with van der Waals surface area (Å²) < 4.78 is 11.0. The van der Waals surface area contributed by atoms with Crippen LogP contribution in [0.15, 0.2) is 29.6 Å². The van der Waals surface area contributed by atoms with Crippen LogP contribution in [0.3, 0.4) is 0 Å². The smallest absolute Gasteiger partial charge is 0.123 e. The van der Waals surface area contributed by atoms with Crippen LogP contribution in [-0.4, -0.2) is 68.3 Å². The number of nitrogens with zero attached hydrogens (tertiary/aromatic N) is 3. The number of rotatable bonds is 6. The first-order valence-electron chi connectivity index (χ1n) is 8.21. The molecule has 1 fully saturated rings. The monoisotopic (exact) mass is 347 g/mol. The van der Waals surface area contributed by atoms with Crippen molar-refractivity contribution in [1.29, 1.82) is 0 Å². The SMILES string of the molecule is COc1ccc(-c2nc(CN3CCO[C@H](CN(C)C)C3)cs2)cc1. The van der Waals surface area contributed by atoms with Crippen LogP contribution in [0.4, 0.5) is 0 Å². The Labute approximate surface area is 147 Å². The lowest BCUT2D eigenvalue weighted by molar-refractivity contribution is -0.0409. The minimum absolute atomic E-state index is 0.286. The van der Waals surface area contributed by atoms with Gasteiger partial charge in [-0.2, -0.15) is 0 Å². The van der Waals surface area contributed by atoms with E-state index in [9.17, 15) is 0 Å². The van der Waals surface area contributed by atoms with Gasteiger partial charge < -0.3 is 14.4 Å².